The first-order valence-electron chi connectivity index (χ1n) is 4.39. The summed E-state index contributed by atoms with van der Waals surface area (Å²) in [6, 6.07) is 2.05. The maximum Gasteiger partial charge on any atom is 0.0762 e. The molecule has 0 unspecified atom stereocenters. The summed E-state index contributed by atoms with van der Waals surface area (Å²) in [6.07, 6.45) is 2.03. The van der Waals surface area contributed by atoms with E-state index < -0.39 is 0 Å². The Morgan fingerprint density at radius 1 is 1.58 bits per heavy atom. The van der Waals surface area contributed by atoms with E-state index in [0.29, 0.717) is 5.92 Å². The lowest BCUT2D eigenvalue weighted by molar-refractivity contribution is 0.478. The lowest BCUT2D eigenvalue weighted by atomic mass is 10.2. The van der Waals surface area contributed by atoms with Crippen molar-refractivity contribution < 1.29 is 0 Å². The van der Waals surface area contributed by atoms with Gasteiger partial charge in [-0.2, -0.15) is 5.10 Å². The molecule has 0 bridgehead atoms. The summed E-state index contributed by atoms with van der Waals surface area (Å²) in [4.78, 5) is 0. The Hall–Kier alpha value is -0.830. The van der Waals surface area contributed by atoms with Crippen LogP contribution in [0.5, 0.6) is 0 Å². The van der Waals surface area contributed by atoms with Crippen LogP contribution in [0.25, 0.3) is 0 Å². The van der Waals surface area contributed by atoms with Gasteiger partial charge in [-0.05, 0) is 19.0 Å². The molecule has 0 saturated carbocycles. The number of aromatic nitrogens is 2. The van der Waals surface area contributed by atoms with Crippen LogP contribution in [0.2, 0.25) is 0 Å². The molecule has 1 aromatic heterocycles. The molecule has 0 aliphatic carbocycles. The second-order valence-electron chi connectivity index (χ2n) is 3.45. The van der Waals surface area contributed by atoms with E-state index in [1.165, 1.54) is 0 Å². The average molecular weight is 167 g/mol. The van der Waals surface area contributed by atoms with Crippen molar-refractivity contribution in [3.63, 3.8) is 0 Å². The maximum atomic E-state index is 4.39. The molecule has 0 radical (unpaired) electrons. The van der Waals surface area contributed by atoms with Gasteiger partial charge in [0.15, 0.2) is 0 Å². The van der Waals surface area contributed by atoms with Gasteiger partial charge in [-0.25, -0.2) is 0 Å². The van der Waals surface area contributed by atoms with Crippen molar-refractivity contribution in [3.8, 4) is 0 Å². The first-order chi connectivity index (χ1) is 5.72. The maximum absolute atomic E-state index is 4.39. The van der Waals surface area contributed by atoms with Crippen molar-refractivity contribution in [2.75, 3.05) is 7.05 Å². The summed E-state index contributed by atoms with van der Waals surface area (Å²) in [6.45, 7) is 6.24. The Balaban J connectivity index is 2.52. The minimum absolute atomic E-state index is 0.660. The molecular formula is C9H17N3. The lowest BCUT2D eigenvalue weighted by Crippen LogP contribution is -2.08. The Kier molecular flexibility index (Phi) is 3.29. The van der Waals surface area contributed by atoms with Gasteiger partial charge in [-0.15, -0.1) is 0 Å². The molecule has 12 heavy (non-hydrogen) atoms. The molecule has 0 fully saturated rings. The first-order valence-corrected chi connectivity index (χ1v) is 4.39. The van der Waals surface area contributed by atoms with Gasteiger partial charge in [-0.1, -0.05) is 13.8 Å². The SMILES string of the molecule is CNCc1ccn(CC(C)C)n1. The molecule has 68 valence electrons. The van der Waals surface area contributed by atoms with Crippen LogP contribution >= 0.6 is 0 Å². The van der Waals surface area contributed by atoms with Gasteiger partial charge in [0.2, 0.25) is 0 Å². The van der Waals surface area contributed by atoms with E-state index in [1.807, 2.05) is 17.9 Å². The summed E-state index contributed by atoms with van der Waals surface area (Å²) in [7, 11) is 1.93. The topological polar surface area (TPSA) is 29.9 Å². The van der Waals surface area contributed by atoms with E-state index in [1.54, 1.807) is 0 Å². The molecule has 1 heterocycles. The van der Waals surface area contributed by atoms with E-state index in [2.05, 4.69) is 30.3 Å². The van der Waals surface area contributed by atoms with Crippen molar-refractivity contribution in [3.05, 3.63) is 18.0 Å². The van der Waals surface area contributed by atoms with Gasteiger partial charge >= 0.3 is 0 Å². The highest BCUT2D eigenvalue weighted by Crippen LogP contribution is 2.00. The molecular weight excluding hydrogens is 150 g/mol. The summed E-state index contributed by atoms with van der Waals surface area (Å²) in [5.41, 5.74) is 1.11. The van der Waals surface area contributed by atoms with Crippen LogP contribution in [0, 0.1) is 5.92 Å². The predicted octanol–water partition coefficient (Wildman–Crippen LogP) is 1.26. The summed E-state index contributed by atoms with van der Waals surface area (Å²) >= 11 is 0. The van der Waals surface area contributed by atoms with Gasteiger partial charge < -0.3 is 5.32 Å². The van der Waals surface area contributed by atoms with Crippen LogP contribution in [0.3, 0.4) is 0 Å². The minimum Gasteiger partial charge on any atom is -0.314 e. The minimum atomic E-state index is 0.660. The average Bonchev–Trinajstić information content (AvgIpc) is 2.36. The molecule has 0 amide bonds. The van der Waals surface area contributed by atoms with Gasteiger partial charge in [0, 0.05) is 19.3 Å². The third-order valence-corrected chi connectivity index (χ3v) is 1.61. The van der Waals surface area contributed by atoms with Gasteiger partial charge in [0.05, 0.1) is 5.69 Å². The van der Waals surface area contributed by atoms with Gasteiger partial charge in [0.1, 0.15) is 0 Å². The van der Waals surface area contributed by atoms with Crippen LogP contribution in [0.1, 0.15) is 19.5 Å². The molecule has 1 aromatic rings. The molecule has 0 saturated heterocycles. The third kappa shape index (κ3) is 2.66. The van der Waals surface area contributed by atoms with E-state index in [9.17, 15) is 0 Å². The summed E-state index contributed by atoms with van der Waals surface area (Å²) in [5, 5.41) is 7.47. The van der Waals surface area contributed by atoms with Crippen molar-refractivity contribution in [2.45, 2.75) is 26.9 Å². The smallest absolute Gasteiger partial charge is 0.0762 e. The first kappa shape index (κ1) is 9.26. The van der Waals surface area contributed by atoms with Crippen LogP contribution in [-0.2, 0) is 13.1 Å². The van der Waals surface area contributed by atoms with Gasteiger partial charge in [-0.3, -0.25) is 4.68 Å². The van der Waals surface area contributed by atoms with E-state index >= 15 is 0 Å². The van der Waals surface area contributed by atoms with Crippen molar-refractivity contribution in [1.82, 2.24) is 15.1 Å². The normalized spacial score (nSPS) is 11.0. The van der Waals surface area contributed by atoms with Crippen molar-refractivity contribution in [1.29, 1.82) is 0 Å². The Morgan fingerprint density at radius 3 is 2.92 bits per heavy atom. The highest BCUT2D eigenvalue weighted by atomic mass is 15.3. The van der Waals surface area contributed by atoms with Crippen LogP contribution in [0.15, 0.2) is 12.3 Å². The molecule has 1 N–H and O–H groups in total. The number of hydrogen-bond donors (Lipinski definition) is 1. The Bertz CT molecular complexity index is 227. The van der Waals surface area contributed by atoms with Crippen molar-refractivity contribution >= 4 is 0 Å². The fourth-order valence-corrected chi connectivity index (χ4v) is 1.15. The summed E-state index contributed by atoms with van der Waals surface area (Å²) < 4.78 is 2.00. The number of rotatable bonds is 4. The molecule has 3 nitrogen and oxygen atoms in total. The second kappa shape index (κ2) is 4.26. The molecule has 0 spiro atoms. The lowest BCUT2D eigenvalue weighted by Gasteiger charge is -2.03. The quantitative estimate of drug-likeness (QED) is 0.731. The zero-order chi connectivity index (χ0) is 8.97. The monoisotopic (exact) mass is 167 g/mol. The molecule has 3 heteroatoms. The number of nitrogens with one attached hydrogen (secondary N) is 1. The summed E-state index contributed by atoms with van der Waals surface area (Å²) in [5.74, 6) is 0.660. The second-order valence-corrected chi connectivity index (χ2v) is 3.45. The zero-order valence-electron chi connectivity index (χ0n) is 8.04. The van der Waals surface area contributed by atoms with Crippen LogP contribution in [0.4, 0.5) is 0 Å². The zero-order valence-corrected chi connectivity index (χ0v) is 8.04. The third-order valence-electron chi connectivity index (χ3n) is 1.61. The largest absolute Gasteiger partial charge is 0.314 e. The predicted molar refractivity (Wildman–Crippen MR) is 49.8 cm³/mol. The molecule has 0 atom stereocenters. The highest BCUT2D eigenvalue weighted by Gasteiger charge is 1.99. The molecule has 0 aliphatic heterocycles. The fourth-order valence-electron chi connectivity index (χ4n) is 1.15. The highest BCUT2D eigenvalue weighted by molar-refractivity contribution is 4.98. The Morgan fingerprint density at radius 2 is 2.33 bits per heavy atom. The van der Waals surface area contributed by atoms with E-state index in [0.717, 1.165) is 18.8 Å². The standard InChI is InChI=1S/C9H17N3/c1-8(2)7-12-5-4-9(11-12)6-10-3/h4-5,8,10H,6-7H2,1-3H3. The molecule has 0 aromatic carbocycles. The van der Waals surface area contributed by atoms with Crippen molar-refractivity contribution in [2.24, 2.45) is 5.92 Å². The van der Waals surface area contributed by atoms with E-state index in [4.69, 9.17) is 0 Å². The number of nitrogens with zero attached hydrogens (tertiary/aromatic N) is 2. The molecule has 0 aliphatic rings. The van der Waals surface area contributed by atoms with E-state index in [-0.39, 0.29) is 0 Å². The molecule has 1 rings (SSSR count). The van der Waals surface area contributed by atoms with Crippen LogP contribution < -0.4 is 5.32 Å². The van der Waals surface area contributed by atoms with Gasteiger partial charge in [0.25, 0.3) is 0 Å². The number of hydrogen-bond acceptors (Lipinski definition) is 2. The fraction of sp³-hybridized carbons (Fsp3) is 0.667. The Labute approximate surface area is 73.8 Å². The van der Waals surface area contributed by atoms with Crippen LogP contribution in [-0.4, -0.2) is 16.8 Å².